The van der Waals surface area contributed by atoms with Crippen LogP contribution in [0.4, 0.5) is 11.4 Å². The van der Waals surface area contributed by atoms with E-state index in [1.165, 1.54) is 44.6 Å². The molecule has 4 aromatic carbocycles. The lowest BCUT2D eigenvalue weighted by molar-refractivity contribution is -0.288. The van der Waals surface area contributed by atoms with Crippen LogP contribution in [0.5, 0.6) is 40.2 Å². The summed E-state index contributed by atoms with van der Waals surface area (Å²) < 4.78 is 115. The van der Waals surface area contributed by atoms with Gasteiger partial charge < -0.3 is 85.1 Å². The molecule has 5 aliphatic rings. The molecule has 0 aromatic heterocycles. The van der Waals surface area contributed by atoms with Crippen LogP contribution >= 0.6 is 0 Å². The summed E-state index contributed by atoms with van der Waals surface area (Å²) in [7, 11) is -2.62. The first-order valence-electron chi connectivity index (χ1n) is 30.6. The molecule has 0 bridgehead atoms. The van der Waals surface area contributed by atoms with Gasteiger partial charge in [-0.2, -0.15) is 0 Å². The molecule has 1 N–H and O–H groups in total. The number of nitrogens with zero attached hydrogens (tertiary/aromatic N) is 7. The summed E-state index contributed by atoms with van der Waals surface area (Å²) >= 11 is 0. The van der Waals surface area contributed by atoms with Crippen LogP contribution in [-0.4, -0.2) is 202 Å². The SMILES string of the molecule is C=C1C[C@H]2C=Nc3cc(OCc4cc(COc5cc6c(cc5OC)C(=O)N5CC(=C)C[C@H]5C=N6)cc(OS(=O)(=O)Oc5cc(C(=O)NCCOCCOCCOCCN=[N+]=[N-])ccc5OC5O[C@H](COC(C)=O)[C@H](OC(C)=O)[C@H](OC(C)=O)[C@H]5OC(C)=O)c4)c(OC)cc3C(=O)N2C1. The van der Waals surface area contributed by atoms with Crippen LogP contribution in [0.1, 0.15) is 82.7 Å². The number of esters is 4. The molecule has 3 amide bonds. The first kappa shape index (κ1) is 72.0. The third-order valence-electron chi connectivity index (χ3n) is 15.2. The summed E-state index contributed by atoms with van der Waals surface area (Å²) in [6.45, 7) is 12.8. The summed E-state index contributed by atoms with van der Waals surface area (Å²) in [5.41, 5.74) is 11.6. The molecule has 32 nitrogen and oxygen atoms in total. The number of azide groups is 1. The van der Waals surface area contributed by atoms with Crippen LogP contribution < -0.4 is 37.4 Å². The Hall–Kier alpha value is -10.3. The molecule has 522 valence electrons. The maximum atomic E-state index is 14.6. The number of benzene rings is 4. The Labute approximate surface area is 562 Å². The Morgan fingerprint density at radius 3 is 1.70 bits per heavy atom. The molecule has 33 heteroatoms. The summed E-state index contributed by atoms with van der Waals surface area (Å²) in [6.07, 6.45) is -4.13. The highest BCUT2D eigenvalue weighted by Crippen LogP contribution is 2.42. The maximum absolute atomic E-state index is 14.6. The third-order valence-corrected chi connectivity index (χ3v) is 16.0. The number of carbonyl (C=O) groups excluding carboxylic acids is 7. The summed E-state index contributed by atoms with van der Waals surface area (Å²) in [5.74, 6) is -5.99. The number of nitrogens with one attached hydrogen (secondary N) is 1. The van der Waals surface area contributed by atoms with Crippen molar-refractivity contribution in [1.82, 2.24) is 15.1 Å². The number of hydrogen-bond acceptors (Lipinski definition) is 27. The Balaban J connectivity index is 1.03. The van der Waals surface area contributed by atoms with Gasteiger partial charge in [0, 0.05) is 88.9 Å². The van der Waals surface area contributed by atoms with Gasteiger partial charge in [-0.3, -0.25) is 43.5 Å². The first-order chi connectivity index (χ1) is 47.0. The van der Waals surface area contributed by atoms with E-state index < -0.39 is 89.0 Å². The van der Waals surface area contributed by atoms with Crippen molar-refractivity contribution in [2.45, 2.75) is 96.5 Å². The van der Waals surface area contributed by atoms with Crippen molar-refractivity contribution >= 4 is 75.8 Å². The Kier molecular flexibility index (Phi) is 24.3. The van der Waals surface area contributed by atoms with Gasteiger partial charge in [0.05, 0.1) is 88.4 Å². The van der Waals surface area contributed by atoms with Gasteiger partial charge in [0.15, 0.2) is 46.7 Å². The van der Waals surface area contributed by atoms with E-state index in [-0.39, 0.29) is 146 Å². The predicted octanol–water partition coefficient (Wildman–Crippen LogP) is 6.09. The Morgan fingerprint density at radius 1 is 0.643 bits per heavy atom. The van der Waals surface area contributed by atoms with Crippen molar-refractivity contribution in [3.63, 3.8) is 0 Å². The summed E-state index contributed by atoms with van der Waals surface area (Å²) in [4.78, 5) is 107. The summed E-state index contributed by atoms with van der Waals surface area (Å²) in [6, 6.07) is 13.0. The molecule has 0 spiro atoms. The number of methoxy groups -OCH3 is 2. The van der Waals surface area contributed by atoms with Crippen molar-refractivity contribution in [2.24, 2.45) is 15.1 Å². The van der Waals surface area contributed by atoms with Crippen molar-refractivity contribution in [3.8, 4) is 40.2 Å². The largest absolute Gasteiger partial charge is 0.501 e. The van der Waals surface area contributed by atoms with Gasteiger partial charge in [-0.15, -0.1) is 8.42 Å². The normalized spacial score (nSPS) is 19.8. The number of fused-ring (bicyclic) bond motifs is 4. The zero-order valence-corrected chi connectivity index (χ0v) is 55.1. The average molecular weight is 1380 g/mol. The van der Waals surface area contributed by atoms with Crippen LogP contribution in [0.25, 0.3) is 10.4 Å². The van der Waals surface area contributed by atoms with E-state index in [0.717, 1.165) is 51.0 Å². The number of ether oxygens (including phenoxy) is 13. The van der Waals surface area contributed by atoms with E-state index in [1.54, 1.807) is 40.4 Å². The van der Waals surface area contributed by atoms with Crippen LogP contribution in [0, 0.1) is 0 Å². The fourth-order valence-electron chi connectivity index (χ4n) is 11.0. The standard InChI is InChI=1S/C65H72N8O24S/c1-36-19-45-29-68-50-27-55(53(83-7)25-48(50)63(79)72(45)31-36)89-33-42-21-43(34-90-56-28-51-49(26-54(56)84-8)64(80)73-32-37(2)20-46(73)30-69-51)23-47(22-42)96-98(81,82)97-57-24-44(62(78)67-11-13-85-15-17-87-18-16-86-14-12-70-71-66)9-10-52(57)94-65-61(93-41(6)77)60(92-40(5)76)59(91-39(4)75)58(95-65)35-88-38(3)74/h9-10,21-30,45-46,58-61,65H,1-2,11-20,31-35H2,3-8H3,(H,67,78)/t45-,46-,58+,59-,60-,61+,65?/m0/s1. The molecule has 0 saturated carbocycles. The lowest BCUT2D eigenvalue weighted by Crippen LogP contribution is -2.63. The lowest BCUT2D eigenvalue weighted by Gasteiger charge is -2.43. The van der Waals surface area contributed by atoms with Gasteiger partial charge in [-0.05, 0) is 78.0 Å². The number of rotatable bonds is 32. The third kappa shape index (κ3) is 18.8. The molecule has 0 radical (unpaired) electrons. The molecule has 4 aromatic rings. The van der Waals surface area contributed by atoms with Gasteiger partial charge in [-0.25, -0.2) is 0 Å². The fraction of sp³-hybridized carbons (Fsp3) is 0.431. The summed E-state index contributed by atoms with van der Waals surface area (Å²) in [5, 5.41) is 6.04. The van der Waals surface area contributed by atoms with E-state index in [2.05, 4.69) is 38.5 Å². The molecule has 98 heavy (non-hydrogen) atoms. The Morgan fingerprint density at radius 2 is 1.17 bits per heavy atom. The minimum atomic E-state index is -5.41. The highest BCUT2D eigenvalue weighted by Gasteiger charge is 2.54. The highest BCUT2D eigenvalue weighted by atomic mass is 32.3. The highest BCUT2D eigenvalue weighted by molar-refractivity contribution is 7.82. The predicted molar refractivity (Wildman–Crippen MR) is 343 cm³/mol. The second-order valence-corrected chi connectivity index (χ2v) is 23.7. The van der Waals surface area contributed by atoms with Crippen LogP contribution in [0.15, 0.2) is 100 Å². The van der Waals surface area contributed by atoms with Gasteiger partial charge in [0.2, 0.25) is 12.4 Å². The number of carbonyl (C=O) groups is 7. The molecule has 9 rings (SSSR count). The molecule has 3 saturated heterocycles. The fourth-order valence-corrected chi connectivity index (χ4v) is 11.7. The molecule has 1 unspecified atom stereocenters. The topological polar surface area (TPSA) is 384 Å². The second kappa shape index (κ2) is 33.1. The van der Waals surface area contributed by atoms with Crippen LogP contribution in [0.2, 0.25) is 0 Å². The van der Waals surface area contributed by atoms with E-state index in [1.807, 2.05) is 0 Å². The molecular formula is C65H72N8O24S. The number of amides is 3. The maximum Gasteiger partial charge on any atom is 0.501 e. The first-order valence-corrected chi connectivity index (χ1v) is 32.0. The van der Waals surface area contributed by atoms with Gasteiger partial charge >= 0.3 is 34.3 Å². The van der Waals surface area contributed by atoms with Crippen molar-refractivity contribution in [1.29, 1.82) is 0 Å². The minimum absolute atomic E-state index is 0.00397. The molecule has 5 aliphatic heterocycles. The van der Waals surface area contributed by atoms with Crippen molar-refractivity contribution in [2.75, 3.05) is 86.6 Å². The van der Waals surface area contributed by atoms with E-state index in [4.69, 9.17) is 75.5 Å². The monoisotopic (exact) mass is 1380 g/mol. The minimum Gasteiger partial charge on any atom is -0.493 e. The van der Waals surface area contributed by atoms with Gasteiger partial charge in [0.25, 0.3) is 17.7 Å². The van der Waals surface area contributed by atoms with Crippen LogP contribution in [-0.2, 0) is 80.7 Å². The van der Waals surface area contributed by atoms with Crippen molar-refractivity contribution < 1.29 is 112 Å². The zero-order valence-electron chi connectivity index (χ0n) is 54.3. The van der Waals surface area contributed by atoms with Crippen molar-refractivity contribution in [3.05, 3.63) is 123 Å². The smallest absolute Gasteiger partial charge is 0.493 e. The number of hydrogen-bond donors (Lipinski definition) is 1. The Bertz CT molecular complexity index is 3820. The number of aliphatic imine (C=N–C) groups is 2. The molecule has 5 heterocycles. The zero-order chi connectivity index (χ0) is 70.2. The van der Waals surface area contributed by atoms with Gasteiger partial charge in [0.1, 0.15) is 31.7 Å². The van der Waals surface area contributed by atoms with Gasteiger partial charge in [-0.1, -0.05) is 29.4 Å². The lowest BCUT2D eigenvalue weighted by atomic mass is 9.98. The molecule has 7 atom stereocenters. The molecule has 3 fully saturated rings. The molecule has 0 aliphatic carbocycles. The van der Waals surface area contributed by atoms with Crippen LogP contribution in [0.3, 0.4) is 0 Å². The van der Waals surface area contributed by atoms with E-state index in [0.29, 0.717) is 37.3 Å². The molecular weight excluding hydrogens is 1310 g/mol. The second-order valence-electron chi connectivity index (χ2n) is 22.5. The van der Waals surface area contributed by atoms with E-state index in [9.17, 15) is 42.0 Å². The quantitative estimate of drug-likeness (QED) is 0.0110. The average Bonchev–Trinajstić information content (AvgIpc) is 1.23. The van der Waals surface area contributed by atoms with E-state index >= 15 is 0 Å².